The molecule has 0 aliphatic rings. The lowest BCUT2D eigenvalue weighted by atomic mass is 10.1. The molecule has 0 aromatic heterocycles. The number of aliphatic hydroxyl groups excluding tert-OH is 1. The van der Waals surface area contributed by atoms with Gasteiger partial charge in [0.2, 0.25) is 6.03 Å². The number of rotatable bonds is 12. The Balaban J connectivity index is 2.62. The fourth-order valence-electron chi connectivity index (χ4n) is 2.39. The first-order valence-electron chi connectivity index (χ1n) is 8.50. The largest absolute Gasteiger partial charge is 0.478 e. The highest BCUT2D eigenvalue weighted by molar-refractivity contribution is 7.58. The van der Waals surface area contributed by atoms with Gasteiger partial charge in [-0.1, -0.05) is 12.1 Å². The molecule has 4 N–H and O–H groups in total. The number of ether oxygens (including phenoxy) is 2. The minimum absolute atomic E-state index is 0.0635. The van der Waals surface area contributed by atoms with Crippen LogP contribution in [0.2, 0.25) is 0 Å². The van der Waals surface area contributed by atoms with E-state index in [1.165, 1.54) is 6.07 Å². The zero-order valence-corrected chi connectivity index (χ0v) is 16.2. The molecule has 0 bridgehead atoms. The highest BCUT2D eigenvalue weighted by atomic mass is 31.2. The van der Waals surface area contributed by atoms with Gasteiger partial charge in [-0.05, 0) is 38.5 Å². The summed E-state index contributed by atoms with van der Waals surface area (Å²) in [4.78, 5) is 21.2. The number of carboxylic acids is 1. The van der Waals surface area contributed by atoms with Crippen LogP contribution in [0.3, 0.4) is 0 Å². The zero-order valence-electron chi connectivity index (χ0n) is 15.3. The van der Waals surface area contributed by atoms with Crippen molar-refractivity contribution in [2.75, 3.05) is 25.9 Å². The highest BCUT2D eigenvalue weighted by Gasteiger charge is 2.34. The average molecular weight is 389 g/mol. The Morgan fingerprint density at radius 1 is 1.27 bits per heavy atom. The van der Waals surface area contributed by atoms with Crippen LogP contribution in [-0.2, 0) is 14.0 Å². The maximum atomic E-state index is 12.4. The standard InChI is InChI=1S/C17H28NO7P/c1-4-24-17(25-5-2)26(22,23)11-15(19)10-18-12(3)13-7-6-8-14(9-13)16(20)21/h6-9,12,15,17-19H,4-5,10-11H2,1-3H3,(H,20,21)(H,22,23)/t12-,15-/m0/s1. The maximum absolute atomic E-state index is 12.4. The monoisotopic (exact) mass is 389 g/mol. The van der Waals surface area contributed by atoms with Crippen molar-refractivity contribution >= 4 is 13.3 Å². The van der Waals surface area contributed by atoms with Crippen molar-refractivity contribution in [1.82, 2.24) is 5.32 Å². The molecule has 0 aliphatic carbocycles. The van der Waals surface area contributed by atoms with Crippen molar-refractivity contribution in [3.63, 3.8) is 0 Å². The van der Waals surface area contributed by atoms with E-state index in [4.69, 9.17) is 14.6 Å². The van der Waals surface area contributed by atoms with Gasteiger partial charge in [-0.15, -0.1) is 0 Å². The van der Waals surface area contributed by atoms with Crippen LogP contribution >= 0.6 is 7.37 Å². The molecule has 3 atom stereocenters. The van der Waals surface area contributed by atoms with Crippen molar-refractivity contribution in [1.29, 1.82) is 0 Å². The Labute approximate surface area is 153 Å². The van der Waals surface area contributed by atoms with Gasteiger partial charge in [-0.2, -0.15) is 0 Å². The molecule has 0 amide bonds. The Morgan fingerprint density at radius 2 is 1.88 bits per heavy atom. The third-order valence-corrected chi connectivity index (χ3v) is 5.62. The normalized spacial score (nSPS) is 16.2. The van der Waals surface area contributed by atoms with E-state index in [2.05, 4.69) is 5.32 Å². The molecule has 0 heterocycles. The van der Waals surface area contributed by atoms with Crippen molar-refractivity contribution in [3.05, 3.63) is 35.4 Å². The molecule has 148 valence electrons. The molecule has 0 fully saturated rings. The van der Waals surface area contributed by atoms with E-state index >= 15 is 0 Å². The van der Waals surface area contributed by atoms with Gasteiger partial charge >= 0.3 is 5.97 Å². The van der Waals surface area contributed by atoms with Crippen molar-refractivity contribution < 1.29 is 33.9 Å². The summed E-state index contributed by atoms with van der Waals surface area (Å²) >= 11 is 0. The third kappa shape index (κ3) is 7.15. The van der Waals surface area contributed by atoms with Crippen molar-refractivity contribution in [2.45, 2.75) is 38.9 Å². The molecule has 8 nitrogen and oxygen atoms in total. The first kappa shape index (κ1) is 22.8. The molecule has 0 spiro atoms. The van der Waals surface area contributed by atoms with Gasteiger partial charge in [0, 0.05) is 25.8 Å². The number of carbonyl (C=O) groups is 1. The van der Waals surface area contributed by atoms with Gasteiger partial charge in [-0.25, -0.2) is 4.79 Å². The molecule has 1 unspecified atom stereocenters. The fraction of sp³-hybridized carbons (Fsp3) is 0.588. The second-order valence-electron chi connectivity index (χ2n) is 5.87. The van der Waals surface area contributed by atoms with Crippen LogP contribution in [0, 0.1) is 0 Å². The van der Waals surface area contributed by atoms with Gasteiger partial charge in [0.05, 0.1) is 17.8 Å². The van der Waals surface area contributed by atoms with E-state index in [0.717, 1.165) is 5.56 Å². The number of aliphatic hydroxyl groups is 1. The Morgan fingerprint density at radius 3 is 2.42 bits per heavy atom. The number of hydrogen-bond donors (Lipinski definition) is 4. The quantitative estimate of drug-likeness (QED) is 0.316. The third-order valence-electron chi connectivity index (χ3n) is 3.71. The predicted molar refractivity (Wildman–Crippen MR) is 97.6 cm³/mol. The van der Waals surface area contributed by atoms with Crippen LogP contribution in [0.4, 0.5) is 0 Å². The molecule has 9 heteroatoms. The molecule has 0 aliphatic heterocycles. The predicted octanol–water partition coefficient (Wildman–Crippen LogP) is 2.02. The lowest BCUT2D eigenvalue weighted by Crippen LogP contribution is -2.33. The zero-order chi connectivity index (χ0) is 19.7. The molecule has 1 aromatic rings. The lowest BCUT2D eigenvalue weighted by Gasteiger charge is -2.25. The van der Waals surface area contributed by atoms with Crippen LogP contribution in [-0.4, -0.2) is 59.1 Å². The van der Waals surface area contributed by atoms with E-state index in [9.17, 15) is 19.4 Å². The molecule has 1 aromatic carbocycles. The number of carboxylic acid groups (broad SMARTS) is 1. The van der Waals surface area contributed by atoms with E-state index in [1.54, 1.807) is 32.0 Å². The summed E-state index contributed by atoms with van der Waals surface area (Å²) in [5, 5.41) is 22.2. The van der Waals surface area contributed by atoms with E-state index < -0.39 is 25.5 Å². The van der Waals surface area contributed by atoms with E-state index in [1.807, 2.05) is 6.92 Å². The first-order valence-corrected chi connectivity index (χ1v) is 10.4. The number of aromatic carboxylic acids is 1. The van der Waals surface area contributed by atoms with Gasteiger partial charge in [0.25, 0.3) is 7.37 Å². The van der Waals surface area contributed by atoms with Crippen molar-refractivity contribution in [2.24, 2.45) is 0 Å². The Hall–Kier alpha value is -1.28. The number of benzene rings is 1. The highest BCUT2D eigenvalue weighted by Crippen LogP contribution is 2.47. The molecule has 26 heavy (non-hydrogen) atoms. The summed E-state index contributed by atoms with van der Waals surface area (Å²) in [6, 6.07) is 4.96. The van der Waals surface area contributed by atoms with Crippen LogP contribution in [0.25, 0.3) is 0 Å². The van der Waals surface area contributed by atoms with Gasteiger partial charge < -0.3 is 29.9 Å². The smallest absolute Gasteiger partial charge is 0.335 e. The summed E-state index contributed by atoms with van der Waals surface area (Å²) in [5.41, 5.74) is 0.915. The second kappa shape index (κ2) is 10.8. The summed E-state index contributed by atoms with van der Waals surface area (Å²) in [6.07, 6.45) is -1.45. The molecular formula is C17H28NO7P. The minimum Gasteiger partial charge on any atom is -0.478 e. The molecule has 0 radical (unpaired) electrons. The Bertz CT molecular complexity index is 619. The fourth-order valence-corrected chi connectivity index (χ4v) is 4.06. The summed E-state index contributed by atoms with van der Waals surface area (Å²) in [6.45, 7) is 5.71. The molecule has 0 saturated heterocycles. The Kier molecular flexibility index (Phi) is 9.43. The summed E-state index contributed by atoms with van der Waals surface area (Å²) in [7, 11) is -3.86. The van der Waals surface area contributed by atoms with E-state index in [0.29, 0.717) is 0 Å². The second-order valence-corrected chi connectivity index (χ2v) is 8.17. The molecule has 1 rings (SSSR count). The molecule has 0 saturated carbocycles. The first-order chi connectivity index (χ1) is 12.2. The topological polar surface area (TPSA) is 125 Å². The summed E-state index contributed by atoms with van der Waals surface area (Å²) in [5.74, 6) is -1.02. The molecular weight excluding hydrogens is 361 g/mol. The van der Waals surface area contributed by atoms with Crippen LogP contribution in [0.5, 0.6) is 0 Å². The number of hydrogen-bond acceptors (Lipinski definition) is 6. The van der Waals surface area contributed by atoms with Crippen LogP contribution in [0.15, 0.2) is 24.3 Å². The van der Waals surface area contributed by atoms with Crippen LogP contribution in [0.1, 0.15) is 42.7 Å². The van der Waals surface area contributed by atoms with Gasteiger partial charge in [-0.3, -0.25) is 4.57 Å². The SMILES string of the molecule is CCOC(OCC)P(=O)(O)C[C@@H](O)CN[C@@H](C)c1cccc(C(=O)O)c1. The van der Waals surface area contributed by atoms with Gasteiger partial charge in [0.1, 0.15) is 0 Å². The number of nitrogens with one attached hydrogen (secondary N) is 1. The minimum atomic E-state index is -3.86. The van der Waals surface area contributed by atoms with Crippen molar-refractivity contribution in [3.8, 4) is 0 Å². The average Bonchev–Trinajstić information content (AvgIpc) is 2.59. The maximum Gasteiger partial charge on any atom is 0.335 e. The summed E-state index contributed by atoms with van der Waals surface area (Å²) < 4.78 is 22.7. The van der Waals surface area contributed by atoms with Crippen LogP contribution < -0.4 is 5.32 Å². The lowest BCUT2D eigenvalue weighted by molar-refractivity contribution is -0.0876. The van der Waals surface area contributed by atoms with E-state index in [-0.39, 0.29) is 37.5 Å². The van der Waals surface area contributed by atoms with Gasteiger partial charge in [0.15, 0.2) is 0 Å².